The van der Waals surface area contributed by atoms with Crippen LogP contribution in [-0.4, -0.2) is 9.55 Å². The van der Waals surface area contributed by atoms with Gasteiger partial charge in [0.05, 0.1) is 11.0 Å². The maximum Gasteiger partial charge on any atom is 0.111 e. The molecule has 0 fully saturated rings. The number of aromatic nitrogens is 2. The van der Waals surface area contributed by atoms with Crippen LogP contribution < -0.4 is 0 Å². The topological polar surface area (TPSA) is 17.8 Å². The van der Waals surface area contributed by atoms with Gasteiger partial charge in [-0.3, -0.25) is 4.57 Å². The molecule has 8 aromatic carbocycles. The molecular formula is C40H26N2. The predicted octanol–water partition coefficient (Wildman–Crippen LogP) is 10.8. The Bertz CT molecular complexity index is 2530. The van der Waals surface area contributed by atoms with Gasteiger partial charge in [0.1, 0.15) is 5.82 Å². The van der Waals surface area contributed by atoms with E-state index in [1.165, 1.54) is 65.0 Å². The van der Waals surface area contributed by atoms with E-state index in [0.29, 0.717) is 0 Å². The Kier molecular flexibility index (Phi) is 4.85. The SMILES string of the molecule is Cc1nc2ccccc2n1-c1ccc2cc(-c3cc4c5ccccc5c5ccccc5c4c4ccccc34)ccc2c1. The molecular weight excluding hydrogens is 508 g/mol. The average Bonchev–Trinajstić information content (AvgIpc) is 3.39. The van der Waals surface area contributed by atoms with Crippen LogP contribution in [0.2, 0.25) is 0 Å². The van der Waals surface area contributed by atoms with Crippen LogP contribution in [0.5, 0.6) is 0 Å². The minimum Gasteiger partial charge on any atom is -0.297 e. The number of hydrogen-bond donors (Lipinski definition) is 0. The normalized spacial score (nSPS) is 11.9. The van der Waals surface area contributed by atoms with E-state index in [-0.39, 0.29) is 0 Å². The van der Waals surface area contributed by atoms with E-state index in [2.05, 4.69) is 145 Å². The van der Waals surface area contributed by atoms with Crippen LogP contribution in [0.15, 0.2) is 140 Å². The molecule has 0 bridgehead atoms. The van der Waals surface area contributed by atoms with E-state index < -0.39 is 0 Å². The summed E-state index contributed by atoms with van der Waals surface area (Å²) in [6.07, 6.45) is 0. The van der Waals surface area contributed by atoms with Gasteiger partial charge in [0.25, 0.3) is 0 Å². The predicted molar refractivity (Wildman–Crippen MR) is 179 cm³/mol. The summed E-state index contributed by atoms with van der Waals surface area (Å²) in [4.78, 5) is 4.78. The summed E-state index contributed by atoms with van der Waals surface area (Å²) in [7, 11) is 0. The molecule has 0 aliphatic heterocycles. The van der Waals surface area contributed by atoms with Crippen molar-refractivity contribution in [2.75, 3.05) is 0 Å². The molecule has 1 heterocycles. The third-order valence-electron chi connectivity index (χ3n) is 8.87. The summed E-state index contributed by atoms with van der Waals surface area (Å²) in [5.74, 6) is 0.995. The molecule has 0 aliphatic carbocycles. The Balaban J connectivity index is 1.29. The van der Waals surface area contributed by atoms with Gasteiger partial charge >= 0.3 is 0 Å². The fourth-order valence-electron chi connectivity index (χ4n) is 7.02. The fraction of sp³-hybridized carbons (Fsp3) is 0.0250. The molecule has 42 heavy (non-hydrogen) atoms. The standard InChI is InChI=1S/C40H26N2/c1-25-41-38-16-8-9-17-39(38)42(25)29-21-20-26-22-28(19-18-27(26)23-29)36-24-37-32-12-3-2-10-30(32)31-11-4-6-14-34(31)40(37)35-15-7-5-13-33(35)36/h2-24H,1H3. The summed E-state index contributed by atoms with van der Waals surface area (Å²) in [6.45, 7) is 2.07. The highest BCUT2D eigenvalue weighted by molar-refractivity contribution is 6.33. The summed E-state index contributed by atoms with van der Waals surface area (Å²) < 4.78 is 2.24. The zero-order valence-electron chi connectivity index (χ0n) is 23.2. The van der Waals surface area contributed by atoms with Crippen molar-refractivity contribution in [1.29, 1.82) is 0 Å². The number of imidazole rings is 1. The van der Waals surface area contributed by atoms with Crippen molar-refractivity contribution in [1.82, 2.24) is 9.55 Å². The number of aryl methyl sites for hydroxylation is 1. The number of benzene rings is 8. The molecule has 0 atom stereocenters. The third kappa shape index (κ3) is 3.30. The maximum absolute atomic E-state index is 4.78. The number of para-hydroxylation sites is 2. The third-order valence-corrected chi connectivity index (χ3v) is 8.87. The quantitative estimate of drug-likeness (QED) is 0.202. The van der Waals surface area contributed by atoms with E-state index in [0.717, 1.165) is 22.5 Å². The van der Waals surface area contributed by atoms with E-state index in [1.54, 1.807) is 0 Å². The zero-order chi connectivity index (χ0) is 27.8. The second-order valence-corrected chi connectivity index (χ2v) is 11.2. The molecule has 0 saturated heterocycles. The number of hydrogen-bond acceptors (Lipinski definition) is 1. The van der Waals surface area contributed by atoms with Crippen molar-refractivity contribution < 1.29 is 0 Å². The van der Waals surface area contributed by atoms with Crippen molar-refractivity contribution in [3.63, 3.8) is 0 Å². The lowest BCUT2D eigenvalue weighted by molar-refractivity contribution is 1.00. The van der Waals surface area contributed by atoms with Gasteiger partial charge in [-0.15, -0.1) is 0 Å². The van der Waals surface area contributed by atoms with Gasteiger partial charge in [0.2, 0.25) is 0 Å². The van der Waals surface area contributed by atoms with Crippen LogP contribution in [0.1, 0.15) is 5.82 Å². The van der Waals surface area contributed by atoms with Crippen LogP contribution in [0, 0.1) is 6.92 Å². The molecule has 2 nitrogen and oxygen atoms in total. The van der Waals surface area contributed by atoms with Crippen molar-refractivity contribution in [3.05, 3.63) is 145 Å². The monoisotopic (exact) mass is 534 g/mol. The first-order chi connectivity index (χ1) is 20.7. The first kappa shape index (κ1) is 23.3. The van der Waals surface area contributed by atoms with E-state index >= 15 is 0 Å². The fourth-order valence-corrected chi connectivity index (χ4v) is 7.02. The Labute approximate surface area is 243 Å². The molecule has 9 rings (SSSR count). The van der Waals surface area contributed by atoms with Crippen LogP contribution in [0.25, 0.3) is 81.7 Å². The van der Waals surface area contributed by atoms with Gasteiger partial charge in [-0.1, -0.05) is 103 Å². The van der Waals surface area contributed by atoms with E-state index in [9.17, 15) is 0 Å². The lowest BCUT2D eigenvalue weighted by Crippen LogP contribution is -1.96. The maximum atomic E-state index is 4.78. The van der Waals surface area contributed by atoms with Gasteiger partial charge in [-0.2, -0.15) is 0 Å². The van der Waals surface area contributed by atoms with Crippen LogP contribution in [0.3, 0.4) is 0 Å². The Morgan fingerprint density at radius 2 is 1.05 bits per heavy atom. The van der Waals surface area contributed by atoms with E-state index in [4.69, 9.17) is 4.98 Å². The molecule has 1 aromatic heterocycles. The Morgan fingerprint density at radius 1 is 0.476 bits per heavy atom. The molecule has 2 heteroatoms. The average molecular weight is 535 g/mol. The minimum absolute atomic E-state index is 0.995. The number of fused-ring (bicyclic) bond motifs is 10. The van der Waals surface area contributed by atoms with Gasteiger partial charge in [0, 0.05) is 5.69 Å². The van der Waals surface area contributed by atoms with Crippen LogP contribution in [-0.2, 0) is 0 Å². The van der Waals surface area contributed by atoms with Gasteiger partial charge in [-0.25, -0.2) is 4.98 Å². The Morgan fingerprint density at radius 3 is 1.83 bits per heavy atom. The Hall–Kier alpha value is -5.47. The molecule has 196 valence electrons. The molecule has 0 saturated carbocycles. The summed E-state index contributed by atoms with van der Waals surface area (Å²) >= 11 is 0. The molecule has 0 aliphatic rings. The number of nitrogens with zero attached hydrogens (tertiary/aromatic N) is 2. The molecule has 0 amide bonds. The first-order valence-electron chi connectivity index (χ1n) is 14.5. The highest BCUT2D eigenvalue weighted by Gasteiger charge is 2.15. The highest BCUT2D eigenvalue weighted by atomic mass is 15.1. The molecule has 9 aromatic rings. The van der Waals surface area contributed by atoms with Gasteiger partial charge < -0.3 is 0 Å². The van der Waals surface area contributed by atoms with Crippen LogP contribution >= 0.6 is 0 Å². The summed E-state index contributed by atoms with van der Waals surface area (Å²) in [6, 6.07) is 50.9. The second-order valence-electron chi connectivity index (χ2n) is 11.2. The molecule has 0 unspecified atom stereocenters. The van der Waals surface area contributed by atoms with Crippen molar-refractivity contribution in [3.8, 4) is 16.8 Å². The molecule has 0 N–H and O–H groups in total. The van der Waals surface area contributed by atoms with Gasteiger partial charge in [-0.05, 0) is 108 Å². The number of rotatable bonds is 2. The zero-order valence-corrected chi connectivity index (χ0v) is 23.2. The molecule has 0 spiro atoms. The smallest absolute Gasteiger partial charge is 0.111 e. The van der Waals surface area contributed by atoms with Crippen molar-refractivity contribution >= 4 is 64.9 Å². The first-order valence-corrected chi connectivity index (χ1v) is 14.5. The lowest BCUT2D eigenvalue weighted by Gasteiger charge is -2.16. The lowest BCUT2D eigenvalue weighted by atomic mass is 9.87. The molecule has 0 radical (unpaired) electrons. The minimum atomic E-state index is 0.995. The summed E-state index contributed by atoms with van der Waals surface area (Å²) in [5, 5.41) is 12.9. The second kappa shape index (κ2) is 8.76. The largest absolute Gasteiger partial charge is 0.297 e. The highest BCUT2D eigenvalue weighted by Crippen LogP contribution is 2.43. The summed E-state index contributed by atoms with van der Waals surface area (Å²) in [5.41, 5.74) is 5.79. The van der Waals surface area contributed by atoms with Gasteiger partial charge in [0.15, 0.2) is 0 Å². The van der Waals surface area contributed by atoms with Crippen LogP contribution in [0.4, 0.5) is 0 Å². The van der Waals surface area contributed by atoms with Crippen molar-refractivity contribution in [2.45, 2.75) is 6.92 Å². The van der Waals surface area contributed by atoms with Crippen molar-refractivity contribution in [2.24, 2.45) is 0 Å². The van der Waals surface area contributed by atoms with E-state index in [1.807, 2.05) is 6.07 Å².